The van der Waals surface area contributed by atoms with Gasteiger partial charge in [0.25, 0.3) is 0 Å². The lowest BCUT2D eigenvalue weighted by Gasteiger charge is -2.26. The van der Waals surface area contributed by atoms with Gasteiger partial charge in [-0.1, -0.05) is 42.0 Å². The highest BCUT2D eigenvalue weighted by Crippen LogP contribution is 2.42. The molecule has 0 amide bonds. The molecule has 26 heavy (non-hydrogen) atoms. The number of nitrogens with zero attached hydrogens (tertiary/aromatic N) is 2. The number of nitrogens with two attached hydrogens (primary N) is 1. The summed E-state index contributed by atoms with van der Waals surface area (Å²) in [6.45, 7) is 1.98. The summed E-state index contributed by atoms with van der Waals surface area (Å²) < 4.78 is 10.9. The van der Waals surface area contributed by atoms with E-state index in [1.807, 2.05) is 43.3 Å². The Morgan fingerprint density at radius 1 is 0.962 bits per heavy atom. The fraction of sp³-hybridized carbons (Fsp3) is 0.143. The van der Waals surface area contributed by atoms with Gasteiger partial charge in [-0.2, -0.15) is 10.5 Å². The molecule has 0 spiro atoms. The molecular weight excluding hydrogens is 326 g/mol. The van der Waals surface area contributed by atoms with Crippen molar-refractivity contribution < 1.29 is 9.47 Å². The Hall–Kier alpha value is -3.70. The van der Waals surface area contributed by atoms with E-state index >= 15 is 0 Å². The van der Waals surface area contributed by atoms with Crippen molar-refractivity contribution in [1.29, 1.82) is 10.5 Å². The van der Waals surface area contributed by atoms with Crippen LogP contribution in [0.15, 0.2) is 65.6 Å². The van der Waals surface area contributed by atoms with E-state index in [0.29, 0.717) is 17.1 Å². The molecular formula is C21H17N3O2. The van der Waals surface area contributed by atoms with Gasteiger partial charge in [0.1, 0.15) is 17.4 Å². The van der Waals surface area contributed by atoms with E-state index in [-0.39, 0.29) is 11.5 Å². The van der Waals surface area contributed by atoms with Crippen LogP contribution in [0, 0.1) is 29.6 Å². The Kier molecular flexibility index (Phi) is 4.64. The van der Waals surface area contributed by atoms with Crippen molar-refractivity contribution in [2.75, 3.05) is 7.11 Å². The lowest BCUT2D eigenvalue weighted by atomic mass is 9.82. The second kappa shape index (κ2) is 7.04. The zero-order valence-corrected chi connectivity index (χ0v) is 14.5. The van der Waals surface area contributed by atoms with Gasteiger partial charge in [-0.3, -0.25) is 0 Å². The number of hydrogen-bond donors (Lipinski definition) is 1. The van der Waals surface area contributed by atoms with Crippen LogP contribution in [0.3, 0.4) is 0 Å². The molecule has 0 fully saturated rings. The van der Waals surface area contributed by atoms with Crippen LogP contribution in [0.5, 0.6) is 5.75 Å². The van der Waals surface area contributed by atoms with Gasteiger partial charge >= 0.3 is 0 Å². The fourth-order valence-electron chi connectivity index (χ4n) is 2.92. The number of hydrogen-bond acceptors (Lipinski definition) is 5. The second-order valence-corrected chi connectivity index (χ2v) is 5.92. The lowest BCUT2D eigenvalue weighted by molar-refractivity contribution is 0.357. The number of aryl methyl sites for hydroxylation is 1. The predicted molar refractivity (Wildman–Crippen MR) is 97.4 cm³/mol. The van der Waals surface area contributed by atoms with Crippen LogP contribution in [0.25, 0.3) is 5.76 Å². The molecule has 1 atom stereocenters. The Balaban J connectivity index is 2.18. The van der Waals surface area contributed by atoms with E-state index < -0.39 is 5.92 Å². The van der Waals surface area contributed by atoms with Gasteiger partial charge in [0, 0.05) is 5.56 Å². The molecule has 3 rings (SSSR count). The van der Waals surface area contributed by atoms with Crippen molar-refractivity contribution in [1.82, 2.24) is 0 Å². The summed E-state index contributed by atoms with van der Waals surface area (Å²) in [5.74, 6) is 0.506. The number of nitriles is 2. The van der Waals surface area contributed by atoms with E-state index in [1.54, 1.807) is 19.2 Å². The van der Waals surface area contributed by atoms with Crippen molar-refractivity contribution in [3.05, 3.63) is 82.3 Å². The molecule has 2 aromatic carbocycles. The van der Waals surface area contributed by atoms with Crippen molar-refractivity contribution in [3.8, 4) is 17.9 Å². The van der Waals surface area contributed by atoms with Crippen LogP contribution in [0.4, 0.5) is 0 Å². The molecule has 5 nitrogen and oxygen atoms in total. The first kappa shape index (κ1) is 17.1. The third kappa shape index (κ3) is 2.99. The lowest BCUT2D eigenvalue weighted by Crippen LogP contribution is -2.20. The number of rotatable bonds is 3. The average molecular weight is 343 g/mol. The van der Waals surface area contributed by atoms with Crippen molar-refractivity contribution in [2.24, 2.45) is 5.73 Å². The molecule has 0 bridgehead atoms. The molecule has 1 heterocycles. The average Bonchev–Trinajstić information content (AvgIpc) is 2.68. The van der Waals surface area contributed by atoms with Gasteiger partial charge < -0.3 is 15.2 Å². The maximum atomic E-state index is 9.82. The highest BCUT2D eigenvalue weighted by molar-refractivity contribution is 5.73. The molecule has 128 valence electrons. The number of benzene rings is 2. The summed E-state index contributed by atoms with van der Waals surface area (Å²) in [5.41, 5.74) is 9.20. The summed E-state index contributed by atoms with van der Waals surface area (Å²) in [6.07, 6.45) is 0. The largest absolute Gasteiger partial charge is 0.497 e. The number of allylic oxidation sites excluding steroid dienone is 2. The van der Waals surface area contributed by atoms with Crippen molar-refractivity contribution in [3.63, 3.8) is 0 Å². The maximum absolute atomic E-state index is 9.82. The zero-order chi connectivity index (χ0) is 18.7. The fourth-order valence-corrected chi connectivity index (χ4v) is 2.92. The van der Waals surface area contributed by atoms with Crippen LogP contribution < -0.4 is 10.5 Å². The molecule has 2 N–H and O–H groups in total. The summed E-state index contributed by atoms with van der Waals surface area (Å²) in [5, 5.41) is 19.4. The molecule has 5 heteroatoms. The quantitative estimate of drug-likeness (QED) is 0.916. The molecule has 0 radical (unpaired) electrons. The Bertz CT molecular complexity index is 972. The smallest absolute Gasteiger partial charge is 0.205 e. The summed E-state index contributed by atoms with van der Waals surface area (Å²) in [6, 6.07) is 19.1. The van der Waals surface area contributed by atoms with E-state index in [2.05, 4.69) is 12.1 Å². The third-order valence-electron chi connectivity index (χ3n) is 4.30. The van der Waals surface area contributed by atoms with Gasteiger partial charge in [0.2, 0.25) is 5.88 Å². The molecule has 0 aliphatic carbocycles. The molecule has 2 aromatic rings. The van der Waals surface area contributed by atoms with Gasteiger partial charge in [-0.05, 0) is 24.6 Å². The first-order valence-electron chi connectivity index (χ1n) is 8.02. The van der Waals surface area contributed by atoms with E-state index in [1.165, 1.54) is 0 Å². The Morgan fingerprint density at radius 3 is 2.12 bits per heavy atom. The van der Waals surface area contributed by atoms with Crippen LogP contribution >= 0.6 is 0 Å². The summed E-state index contributed by atoms with van der Waals surface area (Å²) >= 11 is 0. The summed E-state index contributed by atoms with van der Waals surface area (Å²) in [4.78, 5) is 0. The molecule has 0 saturated carbocycles. The van der Waals surface area contributed by atoms with E-state index in [4.69, 9.17) is 15.2 Å². The monoisotopic (exact) mass is 343 g/mol. The van der Waals surface area contributed by atoms with Crippen molar-refractivity contribution >= 4 is 5.76 Å². The Morgan fingerprint density at radius 2 is 1.58 bits per heavy atom. The Labute approximate surface area is 152 Å². The topological polar surface area (TPSA) is 92.1 Å². The predicted octanol–water partition coefficient (Wildman–Crippen LogP) is 3.75. The molecule has 0 saturated heterocycles. The summed E-state index contributed by atoms with van der Waals surface area (Å²) in [7, 11) is 1.58. The molecule has 1 aliphatic rings. The second-order valence-electron chi connectivity index (χ2n) is 5.92. The molecule has 1 aliphatic heterocycles. The van der Waals surface area contributed by atoms with Gasteiger partial charge in [0.15, 0.2) is 5.76 Å². The highest BCUT2D eigenvalue weighted by Gasteiger charge is 2.33. The van der Waals surface area contributed by atoms with Crippen LogP contribution in [-0.4, -0.2) is 7.11 Å². The van der Waals surface area contributed by atoms with Gasteiger partial charge in [-0.15, -0.1) is 0 Å². The maximum Gasteiger partial charge on any atom is 0.205 e. The van der Waals surface area contributed by atoms with Crippen LogP contribution in [0.2, 0.25) is 0 Å². The normalized spacial score (nSPS) is 16.5. The van der Waals surface area contributed by atoms with Crippen LogP contribution in [0.1, 0.15) is 22.6 Å². The van der Waals surface area contributed by atoms with Crippen LogP contribution in [-0.2, 0) is 4.74 Å². The van der Waals surface area contributed by atoms with E-state index in [9.17, 15) is 10.5 Å². The minimum absolute atomic E-state index is 0.0166. The SMILES string of the molecule is COc1ccc(C2C(C#N)=C(N)OC(c3ccc(C)cc3)=C2C#N)cc1. The minimum Gasteiger partial charge on any atom is -0.497 e. The molecule has 0 aromatic heterocycles. The first-order valence-corrected chi connectivity index (χ1v) is 8.02. The highest BCUT2D eigenvalue weighted by atomic mass is 16.5. The minimum atomic E-state index is -0.582. The first-order chi connectivity index (χ1) is 12.6. The zero-order valence-electron chi connectivity index (χ0n) is 14.5. The van der Waals surface area contributed by atoms with Gasteiger partial charge in [0.05, 0.1) is 24.7 Å². The molecule has 1 unspecified atom stereocenters. The van der Waals surface area contributed by atoms with E-state index in [0.717, 1.165) is 16.7 Å². The van der Waals surface area contributed by atoms with Gasteiger partial charge in [-0.25, -0.2) is 0 Å². The third-order valence-corrected chi connectivity index (χ3v) is 4.30. The number of ether oxygens (including phenoxy) is 2. The number of methoxy groups -OCH3 is 1. The standard InChI is InChI=1S/C21H17N3O2/c1-13-3-5-15(6-4-13)20-17(11-22)19(18(12-23)21(24)26-20)14-7-9-16(25-2)10-8-14/h3-10,19H,24H2,1-2H3. The van der Waals surface area contributed by atoms with Crippen molar-refractivity contribution in [2.45, 2.75) is 12.8 Å².